The van der Waals surface area contributed by atoms with Crippen molar-refractivity contribution < 1.29 is 8.42 Å². The first-order valence-corrected chi connectivity index (χ1v) is 9.08. The van der Waals surface area contributed by atoms with Crippen LogP contribution < -0.4 is 0 Å². The summed E-state index contributed by atoms with van der Waals surface area (Å²) in [7, 11) is -3.53. The molecule has 20 heavy (non-hydrogen) atoms. The zero-order valence-electron chi connectivity index (χ0n) is 12.0. The second kappa shape index (κ2) is 6.45. The number of aromatic nitrogens is 2. The number of nitrogens with one attached hydrogen (secondary N) is 1. The van der Waals surface area contributed by atoms with E-state index in [2.05, 4.69) is 17.1 Å². The Hall–Kier alpha value is -0.590. The lowest BCUT2D eigenvalue weighted by atomic mass is 9.98. The predicted molar refractivity (Wildman–Crippen MR) is 79.3 cm³/mol. The summed E-state index contributed by atoms with van der Waals surface area (Å²) in [5.74, 6) is 0.783. The van der Waals surface area contributed by atoms with Gasteiger partial charge in [-0.25, -0.2) is 8.42 Å². The molecule has 1 aliphatic rings. The number of aryl methyl sites for hydroxylation is 1. The lowest BCUT2D eigenvalue weighted by molar-refractivity contribution is 0.405. The van der Waals surface area contributed by atoms with Crippen molar-refractivity contribution in [2.75, 3.05) is 13.1 Å². The molecule has 0 radical (unpaired) electrons. The maximum atomic E-state index is 12.7. The molecule has 1 saturated heterocycles. The number of nitrogens with zero attached hydrogens (tertiary/aromatic N) is 2. The molecule has 1 aromatic rings. The van der Waals surface area contributed by atoms with Crippen LogP contribution in [0, 0.1) is 12.8 Å². The van der Waals surface area contributed by atoms with Crippen LogP contribution in [0.15, 0.2) is 5.03 Å². The highest BCUT2D eigenvalue weighted by atomic mass is 35.5. The largest absolute Gasteiger partial charge is 0.281 e. The third-order valence-electron chi connectivity index (χ3n) is 4.14. The minimum Gasteiger partial charge on any atom is -0.281 e. The molecule has 0 bridgehead atoms. The molecule has 0 aliphatic carbocycles. The van der Waals surface area contributed by atoms with E-state index in [1.54, 1.807) is 11.2 Å². The van der Waals surface area contributed by atoms with Gasteiger partial charge in [0.15, 0.2) is 5.03 Å². The Bertz CT molecular complexity index is 556. The second-order valence-electron chi connectivity index (χ2n) is 5.38. The fourth-order valence-corrected chi connectivity index (χ4v) is 4.77. The smallest absolute Gasteiger partial charge is 0.262 e. The van der Waals surface area contributed by atoms with Crippen LogP contribution in [0.5, 0.6) is 0 Å². The van der Waals surface area contributed by atoms with E-state index in [0.29, 0.717) is 24.6 Å². The number of aromatic amines is 1. The third kappa shape index (κ3) is 3.02. The van der Waals surface area contributed by atoms with E-state index < -0.39 is 10.0 Å². The van der Waals surface area contributed by atoms with Gasteiger partial charge in [-0.2, -0.15) is 9.40 Å². The van der Waals surface area contributed by atoms with E-state index in [0.717, 1.165) is 31.4 Å². The first-order chi connectivity index (χ1) is 9.50. The number of alkyl halides is 1. The summed E-state index contributed by atoms with van der Waals surface area (Å²) in [4.78, 5) is 0. The van der Waals surface area contributed by atoms with Gasteiger partial charge in [-0.05, 0) is 32.1 Å². The van der Waals surface area contributed by atoms with Crippen LogP contribution in [-0.4, -0.2) is 36.0 Å². The molecule has 1 unspecified atom stereocenters. The average molecular weight is 320 g/mol. The van der Waals surface area contributed by atoms with Gasteiger partial charge in [0.25, 0.3) is 10.0 Å². The van der Waals surface area contributed by atoms with Gasteiger partial charge in [-0.3, -0.25) is 5.10 Å². The molecule has 2 rings (SSSR count). The fourth-order valence-electron chi connectivity index (χ4n) is 2.71. The van der Waals surface area contributed by atoms with Crippen molar-refractivity contribution in [1.82, 2.24) is 14.5 Å². The molecule has 0 saturated carbocycles. The van der Waals surface area contributed by atoms with Gasteiger partial charge in [0.1, 0.15) is 0 Å². The van der Waals surface area contributed by atoms with Crippen molar-refractivity contribution >= 4 is 21.6 Å². The zero-order valence-corrected chi connectivity index (χ0v) is 13.6. The van der Waals surface area contributed by atoms with Crippen molar-refractivity contribution in [3.8, 4) is 0 Å². The molecule has 5 nitrogen and oxygen atoms in total. The summed E-state index contributed by atoms with van der Waals surface area (Å²) in [6, 6.07) is 0. The van der Waals surface area contributed by atoms with Crippen LogP contribution in [0.3, 0.4) is 0 Å². The third-order valence-corrected chi connectivity index (χ3v) is 6.28. The van der Waals surface area contributed by atoms with E-state index in [9.17, 15) is 8.42 Å². The van der Waals surface area contributed by atoms with Crippen LogP contribution in [0.2, 0.25) is 0 Å². The van der Waals surface area contributed by atoms with Crippen molar-refractivity contribution in [2.24, 2.45) is 5.92 Å². The topological polar surface area (TPSA) is 66.1 Å². The van der Waals surface area contributed by atoms with E-state index in [-0.39, 0.29) is 10.9 Å². The first-order valence-electron chi connectivity index (χ1n) is 7.10. The van der Waals surface area contributed by atoms with Gasteiger partial charge in [0.05, 0.1) is 5.88 Å². The molecule has 1 atom stereocenters. The minimum absolute atomic E-state index is 0.0972. The van der Waals surface area contributed by atoms with Gasteiger partial charge in [0, 0.05) is 24.3 Å². The van der Waals surface area contributed by atoms with Gasteiger partial charge in [-0.15, -0.1) is 11.6 Å². The van der Waals surface area contributed by atoms with E-state index in [1.165, 1.54) is 0 Å². The van der Waals surface area contributed by atoms with Gasteiger partial charge in [-0.1, -0.05) is 13.3 Å². The maximum Gasteiger partial charge on any atom is 0.262 e. The van der Waals surface area contributed by atoms with Crippen molar-refractivity contribution in [1.29, 1.82) is 0 Å². The first kappa shape index (κ1) is 15.8. The number of hydrogen-bond donors (Lipinski definition) is 1. The molecule has 1 fully saturated rings. The van der Waals surface area contributed by atoms with Crippen LogP contribution in [-0.2, 0) is 15.9 Å². The van der Waals surface area contributed by atoms with Crippen LogP contribution in [0.4, 0.5) is 0 Å². The van der Waals surface area contributed by atoms with Gasteiger partial charge in [0.2, 0.25) is 0 Å². The molecule has 0 amide bonds. The minimum atomic E-state index is -3.53. The average Bonchev–Trinajstić information content (AvgIpc) is 2.65. The maximum absolute atomic E-state index is 12.7. The van der Waals surface area contributed by atoms with Gasteiger partial charge >= 0.3 is 0 Å². The fraction of sp³-hybridized carbons (Fsp3) is 0.769. The normalized spacial score (nSPS) is 21.9. The molecule has 2 heterocycles. The quantitative estimate of drug-likeness (QED) is 0.868. The molecule has 1 aliphatic heterocycles. The molecule has 0 aromatic carbocycles. The molecular formula is C13H22ClN3O2S. The second-order valence-corrected chi connectivity index (χ2v) is 7.50. The van der Waals surface area contributed by atoms with E-state index >= 15 is 0 Å². The number of halogens is 1. The lowest BCUT2D eigenvalue weighted by Gasteiger charge is -2.19. The SMILES string of the molecule is CCC1CCCN(S(=O)(=O)c2n[nH]c(C)c2CCl)CC1. The van der Waals surface area contributed by atoms with E-state index in [4.69, 9.17) is 11.6 Å². The van der Waals surface area contributed by atoms with Crippen molar-refractivity contribution in [3.63, 3.8) is 0 Å². The number of hydrogen-bond acceptors (Lipinski definition) is 3. The Kier molecular flexibility index (Phi) is 5.09. The molecular weight excluding hydrogens is 298 g/mol. The van der Waals surface area contributed by atoms with Crippen molar-refractivity contribution in [3.05, 3.63) is 11.3 Å². The van der Waals surface area contributed by atoms with Crippen molar-refractivity contribution in [2.45, 2.75) is 50.4 Å². The molecule has 114 valence electrons. The standard InChI is InChI=1S/C13H22ClN3O2S/c1-3-11-5-4-7-17(8-6-11)20(18,19)13-12(9-14)10(2)15-16-13/h11H,3-9H2,1-2H3,(H,15,16). The monoisotopic (exact) mass is 319 g/mol. The lowest BCUT2D eigenvalue weighted by Crippen LogP contribution is -2.33. The molecule has 7 heteroatoms. The Morgan fingerprint density at radius 1 is 1.40 bits per heavy atom. The highest BCUT2D eigenvalue weighted by molar-refractivity contribution is 7.89. The summed E-state index contributed by atoms with van der Waals surface area (Å²) in [6.07, 6.45) is 4.06. The molecule has 1 aromatic heterocycles. The summed E-state index contributed by atoms with van der Waals surface area (Å²) in [5.41, 5.74) is 1.31. The van der Waals surface area contributed by atoms with Crippen LogP contribution in [0.1, 0.15) is 43.9 Å². The molecule has 0 spiro atoms. The zero-order chi connectivity index (χ0) is 14.8. The Morgan fingerprint density at radius 2 is 2.15 bits per heavy atom. The van der Waals surface area contributed by atoms with E-state index in [1.807, 2.05) is 0 Å². The number of sulfonamides is 1. The highest BCUT2D eigenvalue weighted by Gasteiger charge is 2.31. The summed E-state index contributed by atoms with van der Waals surface area (Å²) < 4.78 is 27.0. The highest BCUT2D eigenvalue weighted by Crippen LogP contribution is 2.26. The van der Waals surface area contributed by atoms with Crippen LogP contribution >= 0.6 is 11.6 Å². The van der Waals surface area contributed by atoms with Gasteiger partial charge < -0.3 is 0 Å². The number of H-pyrrole nitrogens is 1. The Morgan fingerprint density at radius 3 is 2.80 bits per heavy atom. The molecule has 1 N–H and O–H groups in total. The summed E-state index contributed by atoms with van der Waals surface area (Å²) in [5, 5.41) is 6.79. The predicted octanol–water partition coefficient (Wildman–Crippen LogP) is 2.66. The van der Waals surface area contributed by atoms with Crippen LogP contribution in [0.25, 0.3) is 0 Å². The Labute approximate surface area is 125 Å². The Balaban J connectivity index is 2.26. The number of rotatable bonds is 4. The summed E-state index contributed by atoms with van der Waals surface area (Å²) >= 11 is 5.86. The summed E-state index contributed by atoms with van der Waals surface area (Å²) in [6.45, 7) is 5.11.